The predicted molar refractivity (Wildman–Crippen MR) is 52.9 cm³/mol. The number of nitrogens with zero attached hydrogens (tertiary/aromatic N) is 1. The van der Waals surface area contributed by atoms with E-state index < -0.39 is 23.0 Å². The molecule has 0 aliphatic carbocycles. The summed E-state index contributed by atoms with van der Waals surface area (Å²) in [5.74, 6) is -0.949. The fraction of sp³-hybridized carbons (Fsp3) is 0.889. The second kappa shape index (κ2) is 5.65. The lowest BCUT2D eigenvalue weighted by molar-refractivity contribution is -0.498. The van der Waals surface area contributed by atoms with Crippen molar-refractivity contribution in [3.8, 4) is 0 Å². The largest absolute Gasteiger partial charge is 0.464 e. The van der Waals surface area contributed by atoms with Crippen molar-refractivity contribution in [1.82, 2.24) is 0 Å². The molecule has 0 saturated heterocycles. The first-order valence-corrected chi connectivity index (χ1v) is 4.83. The van der Waals surface area contributed by atoms with Crippen molar-refractivity contribution in [1.29, 1.82) is 0 Å². The second-order valence-electron chi connectivity index (χ2n) is 3.84. The molecule has 1 atom stereocenters. The number of aliphatic hydroxyl groups is 1. The van der Waals surface area contributed by atoms with Crippen LogP contribution in [0.15, 0.2) is 0 Å². The van der Waals surface area contributed by atoms with Gasteiger partial charge in [0.1, 0.15) is 0 Å². The maximum Gasteiger partial charge on any atom is 0.345 e. The van der Waals surface area contributed by atoms with Crippen LogP contribution in [0.5, 0.6) is 0 Å². The molecule has 0 aromatic heterocycles. The third-order valence-electron chi connectivity index (χ3n) is 1.79. The van der Waals surface area contributed by atoms with Crippen molar-refractivity contribution in [2.45, 2.75) is 32.8 Å². The van der Waals surface area contributed by atoms with Gasteiger partial charge in [-0.05, 0) is 19.3 Å². The molecule has 0 unspecified atom stereocenters. The summed E-state index contributed by atoms with van der Waals surface area (Å²) < 4.78 is 4.62. The number of hydrogen-bond acceptors (Lipinski definition) is 5. The molecule has 0 aliphatic rings. The van der Waals surface area contributed by atoms with Gasteiger partial charge in [-0.1, -0.05) is 13.8 Å². The molecule has 88 valence electrons. The summed E-state index contributed by atoms with van der Waals surface area (Å²) in [7, 11) is 0. The zero-order valence-corrected chi connectivity index (χ0v) is 9.23. The molecular formula is C9H17NO5. The number of carbonyl (C=O) groups is 1. The Bertz CT molecular complexity index is 241. The van der Waals surface area contributed by atoms with Gasteiger partial charge >= 0.3 is 5.97 Å². The van der Waals surface area contributed by atoms with Gasteiger partial charge in [-0.15, -0.1) is 0 Å². The van der Waals surface area contributed by atoms with Gasteiger partial charge < -0.3 is 9.84 Å². The molecule has 0 spiro atoms. The van der Waals surface area contributed by atoms with Gasteiger partial charge in [0.25, 0.3) is 0 Å². The molecular weight excluding hydrogens is 202 g/mol. The molecule has 1 N–H and O–H groups in total. The molecule has 0 aliphatic heterocycles. The highest BCUT2D eigenvalue weighted by Gasteiger charge is 2.43. The van der Waals surface area contributed by atoms with Gasteiger partial charge in [-0.3, -0.25) is 10.1 Å². The van der Waals surface area contributed by atoms with Crippen LogP contribution in [0.2, 0.25) is 0 Å². The lowest BCUT2D eigenvalue weighted by atomic mass is 9.92. The molecule has 6 nitrogen and oxygen atoms in total. The first-order chi connectivity index (χ1) is 6.81. The number of hydrogen-bond donors (Lipinski definition) is 1. The summed E-state index contributed by atoms with van der Waals surface area (Å²) in [6.45, 7) is 4.40. The first-order valence-electron chi connectivity index (χ1n) is 4.83. The Kier molecular flexibility index (Phi) is 5.21. The van der Waals surface area contributed by atoms with Gasteiger partial charge in [0.15, 0.2) is 0 Å². The van der Waals surface area contributed by atoms with Crippen molar-refractivity contribution >= 4 is 5.97 Å². The van der Waals surface area contributed by atoms with Crippen molar-refractivity contribution in [2.24, 2.45) is 5.92 Å². The SMILES string of the molecule is CCOC(=O)[C@](O)(CC(C)C)C[N+](=O)[O-]. The third-order valence-corrected chi connectivity index (χ3v) is 1.79. The highest BCUT2D eigenvalue weighted by atomic mass is 16.6. The van der Waals surface area contributed by atoms with Crippen molar-refractivity contribution in [3.05, 3.63) is 10.1 Å². The van der Waals surface area contributed by atoms with Gasteiger partial charge in [0.2, 0.25) is 12.1 Å². The van der Waals surface area contributed by atoms with Crippen LogP contribution in [-0.2, 0) is 9.53 Å². The maximum atomic E-state index is 11.4. The van der Waals surface area contributed by atoms with E-state index in [1.165, 1.54) is 0 Å². The third kappa shape index (κ3) is 4.73. The maximum absolute atomic E-state index is 11.4. The molecule has 0 aromatic rings. The van der Waals surface area contributed by atoms with E-state index in [4.69, 9.17) is 0 Å². The van der Waals surface area contributed by atoms with Crippen LogP contribution >= 0.6 is 0 Å². The minimum atomic E-state index is -2.01. The molecule has 0 radical (unpaired) electrons. The van der Waals surface area contributed by atoms with Crippen LogP contribution < -0.4 is 0 Å². The fourth-order valence-electron chi connectivity index (χ4n) is 1.37. The van der Waals surface area contributed by atoms with Crippen LogP contribution in [0.4, 0.5) is 0 Å². The number of ether oxygens (including phenoxy) is 1. The van der Waals surface area contributed by atoms with E-state index in [2.05, 4.69) is 4.74 Å². The lowest BCUT2D eigenvalue weighted by Crippen LogP contribution is -2.47. The molecule has 15 heavy (non-hydrogen) atoms. The monoisotopic (exact) mass is 219 g/mol. The van der Waals surface area contributed by atoms with E-state index in [0.717, 1.165) is 0 Å². The highest BCUT2D eigenvalue weighted by molar-refractivity contribution is 5.79. The molecule has 0 bridgehead atoms. The van der Waals surface area contributed by atoms with Crippen molar-refractivity contribution in [2.75, 3.05) is 13.2 Å². The van der Waals surface area contributed by atoms with E-state index in [9.17, 15) is 20.0 Å². The molecule has 0 saturated carbocycles. The van der Waals surface area contributed by atoms with E-state index in [0.29, 0.717) is 0 Å². The van der Waals surface area contributed by atoms with E-state index in [-0.39, 0.29) is 18.9 Å². The highest BCUT2D eigenvalue weighted by Crippen LogP contribution is 2.19. The lowest BCUT2D eigenvalue weighted by Gasteiger charge is -2.23. The Morgan fingerprint density at radius 2 is 2.13 bits per heavy atom. The van der Waals surface area contributed by atoms with Crippen LogP contribution in [0.25, 0.3) is 0 Å². The summed E-state index contributed by atoms with van der Waals surface area (Å²) in [6, 6.07) is 0. The Morgan fingerprint density at radius 1 is 1.60 bits per heavy atom. The average molecular weight is 219 g/mol. The Balaban J connectivity index is 4.67. The van der Waals surface area contributed by atoms with Crippen molar-refractivity contribution < 1.29 is 19.6 Å². The minimum absolute atomic E-state index is 0.0206. The molecule has 0 heterocycles. The summed E-state index contributed by atoms with van der Waals surface area (Å²) in [6.07, 6.45) is 0.0206. The van der Waals surface area contributed by atoms with Crippen LogP contribution in [-0.4, -0.2) is 34.8 Å². The predicted octanol–water partition coefficient (Wildman–Crippen LogP) is 0.603. The Hall–Kier alpha value is -1.17. The normalized spacial score (nSPS) is 14.7. The van der Waals surface area contributed by atoms with Crippen molar-refractivity contribution in [3.63, 3.8) is 0 Å². The van der Waals surface area contributed by atoms with Gasteiger partial charge in [-0.25, -0.2) is 4.79 Å². The van der Waals surface area contributed by atoms with E-state index in [1.807, 2.05) is 0 Å². The average Bonchev–Trinajstić information content (AvgIpc) is 2.01. The molecule has 0 rings (SSSR count). The molecule has 0 fully saturated rings. The van der Waals surface area contributed by atoms with Crippen LogP contribution in [0.1, 0.15) is 27.2 Å². The second-order valence-corrected chi connectivity index (χ2v) is 3.84. The molecule has 6 heteroatoms. The number of nitro groups is 1. The Labute approximate surface area is 88.4 Å². The zero-order chi connectivity index (χ0) is 12.1. The van der Waals surface area contributed by atoms with Gasteiger partial charge in [0, 0.05) is 4.92 Å². The van der Waals surface area contributed by atoms with Crippen LogP contribution in [0, 0.1) is 16.0 Å². The number of carbonyl (C=O) groups excluding carboxylic acids is 1. The standard InChI is InChI=1S/C9H17NO5/c1-4-15-8(11)9(12,5-7(2)3)6-10(13)14/h7,12H,4-6H2,1-3H3/t9-/m0/s1. The topological polar surface area (TPSA) is 89.7 Å². The van der Waals surface area contributed by atoms with E-state index >= 15 is 0 Å². The van der Waals surface area contributed by atoms with E-state index in [1.54, 1.807) is 20.8 Å². The number of rotatable bonds is 6. The smallest absolute Gasteiger partial charge is 0.345 e. The molecule has 0 amide bonds. The quantitative estimate of drug-likeness (QED) is 0.401. The summed E-state index contributed by atoms with van der Waals surface area (Å²) in [5.41, 5.74) is -2.01. The Morgan fingerprint density at radius 3 is 2.47 bits per heavy atom. The summed E-state index contributed by atoms with van der Waals surface area (Å²) >= 11 is 0. The summed E-state index contributed by atoms with van der Waals surface area (Å²) in [4.78, 5) is 21.0. The van der Waals surface area contributed by atoms with Gasteiger partial charge in [0.05, 0.1) is 6.61 Å². The zero-order valence-electron chi connectivity index (χ0n) is 9.23. The molecule has 0 aromatic carbocycles. The summed E-state index contributed by atoms with van der Waals surface area (Å²) in [5, 5.41) is 20.2. The van der Waals surface area contributed by atoms with Gasteiger partial charge in [-0.2, -0.15) is 0 Å². The number of esters is 1. The minimum Gasteiger partial charge on any atom is -0.464 e. The first kappa shape index (κ1) is 13.8. The fourth-order valence-corrected chi connectivity index (χ4v) is 1.37. The van der Waals surface area contributed by atoms with Crippen LogP contribution in [0.3, 0.4) is 0 Å².